The van der Waals surface area contributed by atoms with Crippen LogP contribution in [0.15, 0.2) is 149 Å². The minimum atomic E-state index is -0.0737. The van der Waals surface area contributed by atoms with Crippen LogP contribution in [0.3, 0.4) is 0 Å². The first-order valence-corrected chi connectivity index (χ1v) is 14.3. The number of hydrogen-bond acceptors (Lipinski definition) is 3. The Bertz CT molecular complexity index is 2290. The van der Waals surface area contributed by atoms with Crippen molar-refractivity contribution in [2.75, 3.05) is 0 Å². The van der Waals surface area contributed by atoms with Crippen LogP contribution in [0.25, 0.3) is 49.4 Å². The highest BCUT2D eigenvalue weighted by Gasteiger charge is 2.27. The van der Waals surface area contributed by atoms with Gasteiger partial charge in [0, 0.05) is 44.4 Å². The lowest BCUT2D eigenvalue weighted by atomic mass is 9.91. The van der Waals surface area contributed by atoms with Crippen LogP contribution in [0.1, 0.15) is 22.7 Å². The Kier molecular flexibility index (Phi) is 4.93. The summed E-state index contributed by atoms with van der Waals surface area (Å²) >= 11 is 0. The number of amidine groups is 1. The van der Waals surface area contributed by atoms with Gasteiger partial charge in [0.2, 0.25) is 0 Å². The van der Waals surface area contributed by atoms with Crippen LogP contribution >= 0.6 is 0 Å². The number of para-hydroxylation sites is 3. The van der Waals surface area contributed by atoms with E-state index in [9.17, 15) is 0 Å². The number of rotatable bonds is 3. The number of nitrogens with zero attached hydrogens (tertiary/aromatic N) is 2. The summed E-state index contributed by atoms with van der Waals surface area (Å²) in [4.78, 5) is 4.99. The molecule has 42 heavy (non-hydrogen) atoms. The van der Waals surface area contributed by atoms with E-state index in [1.165, 1.54) is 27.4 Å². The minimum Gasteiger partial charge on any atom is -0.456 e. The Hall–Kier alpha value is -5.61. The summed E-state index contributed by atoms with van der Waals surface area (Å²) in [5.74, 6) is 0.873. The first-order chi connectivity index (χ1) is 20.8. The van der Waals surface area contributed by atoms with Gasteiger partial charge in [-0.2, -0.15) is 0 Å². The summed E-state index contributed by atoms with van der Waals surface area (Å²) in [6, 6.07) is 48.8. The number of fused-ring (bicyclic) bond motifs is 7. The molecule has 0 saturated carbocycles. The molecule has 1 unspecified atom stereocenters. The molecule has 6 aromatic carbocycles. The molecule has 0 spiro atoms. The van der Waals surface area contributed by atoms with Crippen molar-refractivity contribution in [3.63, 3.8) is 0 Å². The van der Waals surface area contributed by atoms with Gasteiger partial charge < -0.3 is 14.3 Å². The molecule has 1 atom stereocenters. The summed E-state index contributed by atoms with van der Waals surface area (Å²) in [6.07, 6.45) is 0. The fourth-order valence-corrected chi connectivity index (χ4v) is 6.61. The Morgan fingerprint density at radius 3 is 2.07 bits per heavy atom. The topological polar surface area (TPSA) is 42.5 Å². The highest BCUT2D eigenvalue weighted by molar-refractivity contribution is 6.11. The molecule has 1 aliphatic rings. The first-order valence-electron chi connectivity index (χ1n) is 14.3. The van der Waals surface area contributed by atoms with E-state index in [4.69, 9.17) is 9.41 Å². The maximum absolute atomic E-state index is 6.57. The van der Waals surface area contributed by atoms with Gasteiger partial charge in [0.05, 0.1) is 22.8 Å². The van der Waals surface area contributed by atoms with Crippen molar-refractivity contribution >= 4 is 55.3 Å². The Labute approximate surface area is 242 Å². The second kappa shape index (κ2) is 8.95. The van der Waals surface area contributed by atoms with Crippen molar-refractivity contribution in [1.82, 2.24) is 9.88 Å². The Morgan fingerprint density at radius 1 is 0.571 bits per heavy atom. The molecule has 3 heterocycles. The number of hydrogen-bond donors (Lipinski definition) is 1. The van der Waals surface area contributed by atoms with Crippen LogP contribution in [-0.2, 0) is 0 Å². The van der Waals surface area contributed by atoms with Crippen molar-refractivity contribution in [2.24, 2.45) is 4.99 Å². The quantitative estimate of drug-likeness (QED) is 0.243. The largest absolute Gasteiger partial charge is 0.456 e. The predicted octanol–water partition coefficient (Wildman–Crippen LogP) is 9.45. The zero-order valence-corrected chi connectivity index (χ0v) is 22.7. The molecule has 4 heteroatoms. The van der Waals surface area contributed by atoms with Gasteiger partial charge in [-0.3, -0.25) is 0 Å². The molecule has 0 aliphatic carbocycles. The molecule has 1 aliphatic heterocycles. The lowest BCUT2D eigenvalue weighted by molar-refractivity contribution is 0.667. The van der Waals surface area contributed by atoms with Crippen molar-refractivity contribution in [1.29, 1.82) is 0 Å². The van der Waals surface area contributed by atoms with Gasteiger partial charge in [-0.25, -0.2) is 4.99 Å². The van der Waals surface area contributed by atoms with Crippen LogP contribution < -0.4 is 5.32 Å². The van der Waals surface area contributed by atoms with Crippen molar-refractivity contribution in [3.05, 3.63) is 156 Å². The van der Waals surface area contributed by atoms with Crippen molar-refractivity contribution < 1.29 is 4.42 Å². The summed E-state index contributed by atoms with van der Waals surface area (Å²) in [5, 5.41) is 8.50. The molecule has 9 rings (SSSR count). The van der Waals surface area contributed by atoms with Crippen LogP contribution in [-0.4, -0.2) is 10.4 Å². The minimum absolute atomic E-state index is 0.0737. The molecule has 1 N–H and O–H groups in total. The Balaban J connectivity index is 1.24. The molecule has 0 saturated heterocycles. The van der Waals surface area contributed by atoms with E-state index in [0.717, 1.165) is 50.3 Å². The van der Waals surface area contributed by atoms with Gasteiger partial charge >= 0.3 is 0 Å². The van der Waals surface area contributed by atoms with E-state index in [-0.39, 0.29) is 6.04 Å². The van der Waals surface area contributed by atoms with E-state index < -0.39 is 0 Å². The monoisotopic (exact) mass is 539 g/mol. The van der Waals surface area contributed by atoms with Gasteiger partial charge in [0.15, 0.2) is 0 Å². The van der Waals surface area contributed by atoms with E-state index in [1.807, 2.05) is 18.2 Å². The third kappa shape index (κ3) is 3.39. The predicted molar refractivity (Wildman–Crippen MR) is 172 cm³/mol. The molecule has 8 aromatic rings. The van der Waals surface area contributed by atoms with Gasteiger partial charge in [-0.1, -0.05) is 97.1 Å². The third-order valence-electron chi connectivity index (χ3n) is 8.47. The number of aromatic nitrogens is 1. The fourth-order valence-electron chi connectivity index (χ4n) is 6.61. The zero-order valence-electron chi connectivity index (χ0n) is 22.7. The number of benzene rings is 6. The molecule has 0 amide bonds. The normalized spacial score (nSPS) is 14.8. The summed E-state index contributed by atoms with van der Waals surface area (Å²) in [6.45, 7) is 0. The fraction of sp³-hybridized carbons (Fsp3) is 0.0263. The van der Waals surface area contributed by atoms with Crippen LogP contribution in [0.5, 0.6) is 0 Å². The second-order valence-corrected chi connectivity index (χ2v) is 10.8. The van der Waals surface area contributed by atoms with Gasteiger partial charge in [-0.05, 0) is 42.0 Å². The lowest BCUT2D eigenvalue weighted by Gasteiger charge is -2.28. The molecule has 0 fully saturated rings. The molecule has 2 aromatic heterocycles. The lowest BCUT2D eigenvalue weighted by Crippen LogP contribution is -2.32. The molecule has 198 valence electrons. The molecule has 0 radical (unpaired) electrons. The first kappa shape index (κ1) is 23.1. The maximum Gasteiger partial charge on any atom is 0.137 e. The molecule has 0 bridgehead atoms. The average molecular weight is 540 g/mol. The standard InChI is InChI=1S/C38H25N3O/c1-2-11-24(12-3-1)38-39-31-17-7-4-15-28(31)37(40-38)30-16-10-20-34-36(30)29-22-21-25(23-35(29)42-34)41-32-18-8-5-13-26(32)27-14-6-9-19-33(27)41/h1-23,37H,(H,39,40). The number of nitrogens with one attached hydrogen (secondary N) is 1. The summed E-state index contributed by atoms with van der Waals surface area (Å²) < 4.78 is 8.91. The van der Waals surface area contributed by atoms with Gasteiger partial charge in [0.25, 0.3) is 0 Å². The zero-order chi connectivity index (χ0) is 27.6. The SMILES string of the molecule is c1ccc(C2=Nc3ccccc3C(c3cccc4oc5cc(-n6c7ccccc7c7ccccc76)ccc5c34)N2)cc1. The van der Waals surface area contributed by atoms with Crippen molar-refractivity contribution in [3.8, 4) is 5.69 Å². The molecule has 4 nitrogen and oxygen atoms in total. The van der Waals surface area contributed by atoms with Gasteiger partial charge in [-0.15, -0.1) is 0 Å². The second-order valence-electron chi connectivity index (χ2n) is 10.8. The van der Waals surface area contributed by atoms with Gasteiger partial charge in [0.1, 0.15) is 17.0 Å². The van der Waals surface area contributed by atoms with E-state index in [0.29, 0.717) is 0 Å². The maximum atomic E-state index is 6.57. The Morgan fingerprint density at radius 2 is 1.26 bits per heavy atom. The number of furan rings is 1. The summed E-state index contributed by atoms with van der Waals surface area (Å²) in [7, 11) is 0. The van der Waals surface area contributed by atoms with E-state index >= 15 is 0 Å². The number of aliphatic imine (C=N–C) groups is 1. The van der Waals surface area contributed by atoms with Crippen LogP contribution in [0.4, 0.5) is 5.69 Å². The summed E-state index contributed by atoms with van der Waals surface area (Å²) in [5.41, 5.74) is 9.59. The third-order valence-corrected chi connectivity index (χ3v) is 8.47. The van der Waals surface area contributed by atoms with E-state index in [1.54, 1.807) is 0 Å². The molecular formula is C38H25N3O. The highest BCUT2D eigenvalue weighted by Crippen LogP contribution is 2.41. The van der Waals surface area contributed by atoms with Crippen LogP contribution in [0.2, 0.25) is 0 Å². The van der Waals surface area contributed by atoms with Crippen molar-refractivity contribution in [2.45, 2.75) is 6.04 Å². The highest BCUT2D eigenvalue weighted by atomic mass is 16.3. The smallest absolute Gasteiger partial charge is 0.137 e. The van der Waals surface area contributed by atoms with E-state index in [2.05, 4.69) is 131 Å². The van der Waals surface area contributed by atoms with Crippen LogP contribution in [0, 0.1) is 0 Å². The average Bonchev–Trinajstić information content (AvgIpc) is 3.60. The molecular weight excluding hydrogens is 514 g/mol.